The van der Waals surface area contributed by atoms with Crippen LogP contribution in [0.1, 0.15) is 33.1 Å². The van der Waals surface area contributed by atoms with Crippen molar-refractivity contribution in [2.24, 2.45) is 5.73 Å². The van der Waals surface area contributed by atoms with Crippen molar-refractivity contribution >= 4 is 5.91 Å². The highest BCUT2D eigenvalue weighted by molar-refractivity contribution is 5.81. The predicted octanol–water partition coefficient (Wildman–Crippen LogP) is 0.407. The number of nitrogens with two attached hydrogens (primary N) is 1. The van der Waals surface area contributed by atoms with Crippen molar-refractivity contribution in [1.29, 1.82) is 0 Å². The number of carbonyl (C=O) groups excluding carboxylic acids is 1. The second-order valence-corrected chi connectivity index (χ2v) is 3.93. The summed E-state index contributed by atoms with van der Waals surface area (Å²) >= 11 is 0. The molecule has 1 heterocycles. The summed E-state index contributed by atoms with van der Waals surface area (Å²) in [5, 5.41) is 2.81. The summed E-state index contributed by atoms with van der Waals surface area (Å²) in [7, 11) is 0. The van der Waals surface area contributed by atoms with Crippen molar-refractivity contribution < 1.29 is 9.53 Å². The summed E-state index contributed by atoms with van der Waals surface area (Å²) in [6.07, 6.45) is 2.63. The lowest BCUT2D eigenvalue weighted by Gasteiger charge is -2.14. The predicted molar refractivity (Wildman–Crippen MR) is 54.8 cm³/mol. The SMILES string of the molecule is CCC(N)CNC(=O)C1CCC(C)O1. The Balaban J connectivity index is 2.22. The van der Waals surface area contributed by atoms with Gasteiger partial charge >= 0.3 is 0 Å². The number of hydrogen-bond acceptors (Lipinski definition) is 3. The minimum Gasteiger partial charge on any atom is -0.365 e. The highest BCUT2D eigenvalue weighted by Gasteiger charge is 2.27. The van der Waals surface area contributed by atoms with Gasteiger partial charge in [-0.25, -0.2) is 0 Å². The maximum atomic E-state index is 11.5. The number of rotatable bonds is 4. The zero-order chi connectivity index (χ0) is 10.6. The van der Waals surface area contributed by atoms with E-state index < -0.39 is 0 Å². The molecule has 4 heteroatoms. The average molecular weight is 200 g/mol. The molecule has 14 heavy (non-hydrogen) atoms. The first-order valence-corrected chi connectivity index (χ1v) is 5.32. The van der Waals surface area contributed by atoms with Crippen LogP contribution < -0.4 is 11.1 Å². The smallest absolute Gasteiger partial charge is 0.249 e. The zero-order valence-corrected chi connectivity index (χ0v) is 8.95. The molecule has 0 radical (unpaired) electrons. The number of amides is 1. The third-order valence-electron chi connectivity index (χ3n) is 2.59. The van der Waals surface area contributed by atoms with Gasteiger partial charge in [0.2, 0.25) is 5.91 Å². The van der Waals surface area contributed by atoms with Crippen LogP contribution in [0, 0.1) is 0 Å². The van der Waals surface area contributed by atoms with E-state index in [1.54, 1.807) is 0 Å². The van der Waals surface area contributed by atoms with Crippen LogP contribution in [0.2, 0.25) is 0 Å². The molecule has 0 aromatic carbocycles. The van der Waals surface area contributed by atoms with E-state index in [1.807, 2.05) is 13.8 Å². The van der Waals surface area contributed by atoms with Crippen molar-refractivity contribution in [3.63, 3.8) is 0 Å². The molecule has 0 aromatic heterocycles. The largest absolute Gasteiger partial charge is 0.365 e. The molecule has 82 valence electrons. The molecule has 4 nitrogen and oxygen atoms in total. The average Bonchev–Trinajstić information content (AvgIpc) is 2.60. The van der Waals surface area contributed by atoms with Gasteiger partial charge in [-0.3, -0.25) is 4.79 Å². The second-order valence-electron chi connectivity index (χ2n) is 3.93. The Bertz CT molecular complexity index is 197. The highest BCUT2D eigenvalue weighted by atomic mass is 16.5. The van der Waals surface area contributed by atoms with Gasteiger partial charge in [-0.15, -0.1) is 0 Å². The van der Waals surface area contributed by atoms with Gasteiger partial charge in [0.15, 0.2) is 0 Å². The Kier molecular flexibility index (Phi) is 4.35. The second kappa shape index (κ2) is 5.32. The first-order valence-electron chi connectivity index (χ1n) is 5.32. The number of ether oxygens (including phenoxy) is 1. The molecule has 3 atom stereocenters. The third kappa shape index (κ3) is 3.27. The van der Waals surface area contributed by atoms with Crippen molar-refractivity contribution in [3.05, 3.63) is 0 Å². The van der Waals surface area contributed by atoms with Gasteiger partial charge in [0.05, 0.1) is 6.10 Å². The van der Waals surface area contributed by atoms with E-state index in [0.717, 1.165) is 19.3 Å². The van der Waals surface area contributed by atoms with Crippen LogP contribution in [0.25, 0.3) is 0 Å². The summed E-state index contributed by atoms with van der Waals surface area (Å²) < 4.78 is 5.44. The van der Waals surface area contributed by atoms with E-state index in [9.17, 15) is 4.79 Å². The Labute approximate surface area is 85.2 Å². The van der Waals surface area contributed by atoms with Crippen molar-refractivity contribution in [1.82, 2.24) is 5.32 Å². The molecule has 3 unspecified atom stereocenters. The minimum absolute atomic E-state index is 0.0155. The van der Waals surface area contributed by atoms with Crippen molar-refractivity contribution in [2.45, 2.75) is 51.4 Å². The Morgan fingerprint density at radius 2 is 2.36 bits per heavy atom. The van der Waals surface area contributed by atoms with Crippen LogP contribution in [0.3, 0.4) is 0 Å². The quantitative estimate of drug-likeness (QED) is 0.690. The summed E-state index contributed by atoms with van der Waals surface area (Å²) in [4.78, 5) is 11.5. The third-order valence-corrected chi connectivity index (χ3v) is 2.59. The van der Waals surface area contributed by atoms with Gasteiger partial charge in [0.25, 0.3) is 0 Å². The van der Waals surface area contributed by atoms with Gasteiger partial charge in [-0.1, -0.05) is 6.92 Å². The Morgan fingerprint density at radius 1 is 1.64 bits per heavy atom. The standard InChI is InChI=1S/C10H20N2O2/c1-3-8(11)6-12-10(13)9-5-4-7(2)14-9/h7-9H,3-6,11H2,1-2H3,(H,12,13). The summed E-state index contributed by atoms with van der Waals surface area (Å²) in [6.45, 7) is 4.54. The van der Waals surface area contributed by atoms with E-state index in [2.05, 4.69) is 5.32 Å². The van der Waals surface area contributed by atoms with Crippen LogP contribution in [-0.4, -0.2) is 30.7 Å². The summed E-state index contributed by atoms with van der Waals surface area (Å²) in [5.74, 6) is -0.0155. The molecule has 1 amide bonds. The topological polar surface area (TPSA) is 64.3 Å². The van der Waals surface area contributed by atoms with E-state index in [1.165, 1.54) is 0 Å². The lowest BCUT2D eigenvalue weighted by molar-refractivity contribution is -0.131. The number of carbonyl (C=O) groups is 1. The molecule has 1 aliphatic rings. The number of nitrogens with one attached hydrogen (secondary N) is 1. The molecule has 1 fully saturated rings. The van der Waals surface area contributed by atoms with Gasteiger partial charge in [0.1, 0.15) is 6.10 Å². The van der Waals surface area contributed by atoms with Gasteiger partial charge in [-0.2, -0.15) is 0 Å². The number of hydrogen-bond donors (Lipinski definition) is 2. The van der Waals surface area contributed by atoms with Crippen LogP contribution in [0.4, 0.5) is 0 Å². The van der Waals surface area contributed by atoms with Crippen molar-refractivity contribution in [2.75, 3.05) is 6.54 Å². The molecule has 0 bridgehead atoms. The van der Waals surface area contributed by atoms with E-state index in [0.29, 0.717) is 6.54 Å². The monoisotopic (exact) mass is 200 g/mol. The molecule has 0 aliphatic carbocycles. The van der Waals surface area contributed by atoms with Crippen LogP contribution in [0.15, 0.2) is 0 Å². The first-order chi connectivity index (χ1) is 6.63. The molecule has 0 saturated carbocycles. The van der Waals surface area contributed by atoms with E-state index in [-0.39, 0.29) is 24.2 Å². The summed E-state index contributed by atoms with van der Waals surface area (Å²) in [5.41, 5.74) is 5.69. The van der Waals surface area contributed by atoms with Gasteiger partial charge < -0.3 is 15.8 Å². The van der Waals surface area contributed by atoms with Crippen LogP contribution in [0.5, 0.6) is 0 Å². The normalized spacial score (nSPS) is 28.8. The summed E-state index contributed by atoms with van der Waals surface area (Å²) in [6, 6.07) is 0.0535. The molecule has 3 N–H and O–H groups in total. The lowest BCUT2D eigenvalue weighted by atomic mass is 10.2. The molecule has 0 spiro atoms. The van der Waals surface area contributed by atoms with E-state index >= 15 is 0 Å². The van der Waals surface area contributed by atoms with Crippen LogP contribution in [-0.2, 0) is 9.53 Å². The molecule has 1 rings (SSSR count). The van der Waals surface area contributed by atoms with Gasteiger partial charge in [0, 0.05) is 12.6 Å². The maximum Gasteiger partial charge on any atom is 0.249 e. The zero-order valence-electron chi connectivity index (χ0n) is 8.95. The van der Waals surface area contributed by atoms with E-state index in [4.69, 9.17) is 10.5 Å². The molecular formula is C10H20N2O2. The lowest BCUT2D eigenvalue weighted by Crippen LogP contribution is -2.41. The molecule has 1 aliphatic heterocycles. The fourth-order valence-corrected chi connectivity index (χ4v) is 1.49. The fraction of sp³-hybridized carbons (Fsp3) is 0.900. The Hall–Kier alpha value is -0.610. The minimum atomic E-state index is -0.256. The fourth-order valence-electron chi connectivity index (χ4n) is 1.49. The van der Waals surface area contributed by atoms with Gasteiger partial charge in [-0.05, 0) is 26.2 Å². The molecular weight excluding hydrogens is 180 g/mol. The maximum absolute atomic E-state index is 11.5. The van der Waals surface area contributed by atoms with Crippen LogP contribution >= 0.6 is 0 Å². The highest BCUT2D eigenvalue weighted by Crippen LogP contribution is 2.18. The van der Waals surface area contributed by atoms with Crippen molar-refractivity contribution in [3.8, 4) is 0 Å². The molecule has 0 aromatic rings. The first kappa shape index (κ1) is 11.5. The molecule has 1 saturated heterocycles. The Morgan fingerprint density at radius 3 is 2.86 bits per heavy atom.